The van der Waals surface area contributed by atoms with Gasteiger partial charge in [-0.3, -0.25) is 9.59 Å². The Morgan fingerprint density at radius 1 is 1.29 bits per heavy atom. The zero-order valence-corrected chi connectivity index (χ0v) is 10.2. The zero-order chi connectivity index (χ0) is 12.4. The molecule has 0 aromatic rings. The second-order valence-electron chi connectivity index (χ2n) is 5.17. The number of carbonyl (C=O) groups is 2. The number of amides is 1. The molecular formula is C12H20N2O3. The molecule has 2 aliphatic heterocycles. The van der Waals surface area contributed by atoms with Crippen molar-refractivity contribution < 1.29 is 14.7 Å². The molecule has 0 saturated carbocycles. The van der Waals surface area contributed by atoms with Gasteiger partial charge in [0.2, 0.25) is 5.91 Å². The molecule has 2 saturated heterocycles. The average Bonchev–Trinajstić information content (AvgIpc) is 2.71. The molecule has 5 nitrogen and oxygen atoms in total. The predicted octanol–water partition coefficient (Wildman–Crippen LogP) is 0.308. The van der Waals surface area contributed by atoms with Crippen LogP contribution in [0, 0.1) is 11.8 Å². The lowest BCUT2D eigenvalue weighted by Crippen LogP contribution is -2.48. The van der Waals surface area contributed by atoms with E-state index in [1.807, 2.05) is 6.92 Å². The molecule has 0 radical (unpaired) electrons. The number of nitrogens with zero attached hydrogens (tertiary/aromatic N) is 1. The van der Waals surface area contributed by atoms with Gasteiger partial charge < -0.3 is 15.3 Å². The molecule has 5 heteroatoms. The fourth-order valence-corrected chi connectivity index (χ4v) is 2.75. The number of carboxylic acid groups (broad SMARTS) is 1. The lowest BCUT2D eigenvalue weighted by Gasteiger charge is -2.27. The van der Waals surface area contributed by atoms with Gasteiger partial charge in [-0.15, -0.1) is 0 Å². The van der Waals surface area contributed by atoms with Gasteiger partial charge in [0, 0.05) is 13.1 Å². The van der Waals surface area contributed by atoms with Crippen molar-refractivity contribution >= 4 is 11.9 Å². The molecule has 0 aliphatic carbocycles. The molecule has 96 valence electrons. The minimum Gasteiger partial charge on any atom is -0.481 e. The van der Waals surface area contributed by atoms with Gasteiger partial charge in [0.05, 0.1) is 12.0 Å². The average molecular weight is 240 g/mol. The molecule has 0 spiro atoms. The van der Waals surface area contributed by atoms with Crippen LogP contribution in [0.1, 0.15) is 26.2 Å². The number of hydrogen-bond donors (Lipinski definition) is 2. The second-order valence-corrected chi connectivity index (χ2v) is 5.17. The normalized spacial score (nSPS) is 33.7. The molecule has 2 N–H and O–H groups in total. The van der Waals surface area contributed by atoms with Crippen LogP contribution in [0.3, 0.4) is 0 Å². The maximum atomic E-state index is 12.2. The van der Waals surface area contributed by atoms with Crippen LogP contribution in [0.25, 0.3) is 0 Å². The van der Waals surface area contributed by atoms with Crippen molar-refractivity contribution in [1.82, 2.24) is 10.2 Å². The van der Waals surface area contributed by atoms with Crippen LogP contribution in [0.5, 0.6) is 0 Å². The van der Waals surface area contributed by atoms with E-state index >= 15 is 0 Å². The first-order chi connectivity index (χ1) is 8.09. The van der Waals surface area contributed by atoms with Crippen molar-refractivity contribution in [3.63, 3.8) is 0 Å². The van der Waals surface area contributed by atoms with Gasteiger partial charge in [0.25, 0.3) is 0 Å². The summed E-state index contributed by atoms with van der Waals surface area (Å²) in [4.78, 5) is 24.9. The number of aliphatic carboxylic acids is 1. The highest BCUT2D eigenvalue weighted by molar-refractivity contribution is 5.83. The fraction of sp³-hybridized carbons (Fsp3) is 0.833. The molecule has 0 unspecified atom stereocenters. The summed E-state index contributed by atoms with van der Waals surface area (Å²) in [6, 6.07) is -0.0940. The van der Waals surface area contributed by atoms with E-state index in [1.165, 1.54) is 0 Å². The first kappa shape index (κ1) is 12.4. The quantitative estimate of drug-likeness (QED) is 0.728. The lowest BCUT2D eigenvalue weighted by atomic mass is 9.99. The number of hydrogen-bond acceptors (Lipinski definition) is 3. The third-order valence-electron chi connectivity index (χ3n) is 3.85. The van der Waals surface area contributed by atoms with E-state index in [-0.39, 0.29) is 17.9 Å². The molecule has 0 aromatic carbocycles. The van der Waals surface area contributed by atoms with E-state index in [2.05, 4.69) is 5.32 Å². The summed E-state index contributed by atoms with van der Waals surface area (Å²) in [6.07, 6.45) is 3.08. The SMILES string of the molecule is C[C@@H]1CN(C(=O)[C@@H]2CCCCN2)C[C@H]1C(=O)O. The summed E-state index contributed by atoms with van der Waals surface area (Å²) in [7, 11) is 0. The van der Waals surface area contributed by atoms with Gasteiger partial charge >= 0.3 is 5.97 Å². The molecular weight excluding hydrogens is 220 g/mol. The van der Waals surface area contributed by atoms with E-state index < -0.39 is 11.9 Å². The van der Waals surface area contributed by atoms with Gasteiger partial charge in [-0.25, -0.2) is 0 Å². The maximum absolute atomic E-state index is 12.2. The monoisotopic (exact) mass is 240 g/mol. The number of carboxylic acids is 1. The summed E-state index contributed by atoms with van der Waals surface area (Å²) in [5, 5.41) is 12.3. The Bertz CT molecular complexity index is 313. The van der Waals surface area contributed by atoms with Crippen molar-refractivity contribution in [3.8, 4) is 0 Å². The molecule has 2 rings (SSSR count). The van der Waals surface area contributed by atoms with Crippen LogP contribution >= 0.6 is 0 Å². The zero-order valence-electron chi connectivity index (χ0n) is 10.2. The maximum Gasteiger partial charge on any atom is 0.308 e. The Labute approximate surface area is 101 Å². The minimum absolute atomic E-state index is 0.0556. The second kappa shape index (κ2) is 5.04. The Hall–Kier alpha value is -1.10. The van der Waals surface area contributed by atoms with Gasteiger partial charge in [0.15, 0.2) is 0 Å². The molecule has 2 fully saturated rings. The van der Waals surface area contributed by atoms with Crippen LogP contribution in [0.4, 0.5) is 0 Å². The summed E-state index contributed by atoms with van der Waals surface area (Å²) >= 11 is 0. The number of nitrogens with one attached hydrogen (secondary N) is 1. The highest BCUT2D eigenvalue weighted by Gasteiger charge is 2.38. The highest BCUT2D eigenvalue weighted by Crippen LogP contribution is 2.24. The third-order valence-corrected chi connectivity index (χ3v) is 3.85. The fourth-order valence-electron chi connectivity index (χ4n) is 2.75. The standard InChI is InChI=1S/C12H20N2O3/c1-8-6-14(7-9(8)12(16)17)11(15)10-4-2-3-5-13-10/h8-10,13H,2-7H2,1H3,(H,16,17)/t8-,9-,10+/m1/s1. The van der Waals surface area contributed by atoms with Crippen LogP contribution in [-0.4, -0.2) is 47.6 Å². The smallest absolute Gasteiger partial charge is 0.308 e. The van der Waals surface area contributed by atoms with Crippen molar-refractivity contribution in [1.29, 1.82) is 0 Å². The van der Waals surface area contributed by atoms with Crippen LogP contribution in [0.15, 0.2) is 0 Å². The summed E-state index contributed by atoms with van der Waals surface area (Å²) in [5.41, 5.74) is 0. The van der Waals surface area contributed by atoms with E-state index in [0.717, 1.165) is 25.8 Å². The Kier molecular flexibility index (Phi) is 3.66. The Morgan fingerprint density at radius 2 is 2.06 bits per heavy atom. The lowest BCUT2D eigenvalue weighted by molar-refractivity contribution is -0.142. The largest absolute Gasteiger partial charge is 0.481 e. The first-order valence-corrected chi connectivity index (χ1v) is 6.34. The van der Waals surface area contributed by atoms with Crippen LogP contribution in [0.2, 0.25) is 0 Å². The minimum atomic E-state index is -0.788. The van der Waals surface area contributed by atoms with Gasteiger partial charge in [-0.1, -0.05) is 13.3 Å². The molecule has 0 aromatic heterocycles. The number of rotatable bonds is 2. The Morgan fingerprint density at radius 3 is 2.59 bits per heavy atom. The van der Waals surface area contributed by atoms with E-state index in [0.29, 0.717) is 13.1 Å². The van der Waals surface area contributed by atoms with Gasteiger partial charge in [-0.2, -0.15) is 0 Å². The van der Waals surface area contributed by atoms with E-state index in [4.69, 9.17) is 5.11 Å². The highest BCUT2D eigenvalue weighted by atomic mass is 16.4. The van der Waals surface area contributed by atoms with Crippen LogP contribution < -0.4 is 5.32 Å². The van der Waals surface area contributed by atoms with Crippen molar-refractivity contribution in [2.75, 3.05) is 19.6 Å². The van der Waals surface area contributed by atoms with Crippen molar-refractivity contribution in [3.05, 3.63) is 0 Å². The molecule has 2 heterocycles. The first-order valence-electron chi connectivity index (χ1n) is 6.34. The van der Waals surface area contributed by atoms with Crippen molar-refractivity contribution in [2.45, 2.75) is 32.2 Å². The molecule has 2 aliphatic rings. The van der Waals surface area contributed by atoms with Gasteiger partial charge in [-0.05, 0) is 25.3 Å². The number of carbonyl (C=O) groups excluding carboxylic acids is 1. The summed E-state index contributed by atoms with van der Waals surface area (Å²) < 4.78 is 0. The number of likely N-dealkylation sites (tertiary alicyclic amines) is 1. The molecule has 1 amide bonds. The Balaban J connectivity index is 1.94. The number of piperidine rings is 1. The molecule has 3 atom stereocenters. The van der Waals surface area contributed by atoms with E-state index in [1.54, 1.807) is 4.90 Å². The van der Waals surface area contributed by atoms with Crippen LogP contribution in [-0.2, 0) is 9.59 Å². The van der Waals surface area contributed by atoms with Gasteiger partial charge in [0.1, 0.15) is 0 Å². The summed E-state index contributed by atoms with van der Waals surface area (Å²) in [6.45, 7) is 3.74. The van der Waals surface area contributed by atoms with Crippen molar-refractivity contribution in [2.24, 2.45) is 11.8 Å². The van der Waals surface area contributed by atoms with E-state index in [9.17, 15) is 9.59 Å². The third kappa shape index (κ3) is 2.60. The molecule has 0 bridgehead atoms. The summed E-state index contributed by atoms with van der Waals surface area (Å²) in [5.74, 6) is -1.05. The topological polar surface area (TPSA) is 69.6 Å². The molecule has 17 heavy (non-hydrogen) atoms. The predicted molar refractivity (Wildman–Crippen MR) is 62.5 cm³/mol.